The molecule has 1 heterocycles. The first-order chi connectivity index (χ1) is 22.6. The Bertz CT molecular complexity index is 1360. The number of hydrogen-bond acceptors (Lipinski definition) is 10. The van der Waals surface area contributed by atoms with Crippen LogP contribution in [0.3, 0.4) is 0 Å². The lowest BCUT2D eigenvalue weighted by Crippen LogP contribution is -2.64. The molecule has 11 heteroatoms. The SMILES string of the molecule is COC(=O)[C@H](CO[C@@H]1O[C@H](COCc2ccccc2)[C@H](OCc2ccccc2)[C@H](OCc2ccccc2)[C@H]1N)NC(=O)OC(C)(C)C. The number of amides is 1. The van der Waals surface area contributed by atoms with Crippen LogP contribution in [0.5, 0.6) is 0 Å². The number of benzene rings is 3. The fourth-order valence-corrected chi connectivity index (χ4v) is 4.97. The van der Waals surface area contributed by atoms with Crippen LogP contribution in [-0.2, 0) is 57.8 Å². The first kappa shape index (κ1) is 36.0. The van der Waals surface area contributed by atoms with Crippen molar-refractivity contribution >= 4 is 12.1 Å². The van der Waals surface area contributed by atoms with Gasteiger partial charge in [0.05, 0.1) is 46.2 Å². The lowest BCUT2D eigenvalue weighted by Gasteiger charge is -2.45. The van der Waals surface area contributed by atoms with Gasteiger partial charge in [-0.1, -0.05) is 91.0 Å². The second kappa shape index (κ2) is 17.9. The van der Waals surface area contributed by atoms with Gasteiger partial charge >= 0.3 is 12.1 Å². The number of rotatable bonds is 15. The van der Waals surface area contributed by atoms with Crippen molar-refractivity contribution in [2.45, 2.75) is 82.9 Å². The zero-order valence-corrected chi connectivity index (χ0v) is 27.4. The lowest BCUT2D eigenvalue weighted by atomic mass is 9.96. The van der Waals surface area contributed by atoms with E-state index in [0.717, 1.165) is 16.7 Å². The van der Waals surface area contributed by atoms with E-state index < -0.39 is 54.3 Å². The summed E-state index contributed by atoms with van der Waals surface area (Å²) in [6.07, 6.45) is -3.84. The van der Waals surface area contributed by atoms with Gasteiger partial charge in [0.1, 0.15) is 23.9 Å². The molecule has 0 bridgehead atoms. The lowest BCUT2D eigenvalue weighted by molar-refractivity contribution is -0.287. The summed E-state index contributed by atoms with van der Waals surface area (Å²) in [4.78, 5) is 25.1. The molecule has 1 amide bonds. The highest BCUT2D eigenvalue weighted by atomic mass is 16.7. The smallest absolute Gasteiger partial charge is 0.408 e. The number of hydrogen-bond donors (Lipinski definition) is 2. The summed E-state index contributed by atoms with van der Waals surface area (Å²) >= 11 is 0. The molecular weight excluding hydrogens is 604 g/mol. The first-order valence-corrected chi connectivity index (χ1v) is 15.7. The Morgan fingerprint density at radius 3 is 1.81 bits per heavy atom. The highest BCUT2D eigenvalue weighted by Gasteiger charge is 2.47. The molecule has 11 nitrogen and oxygen atoms in total. The van der Waals surface area contributed by atoms with Gasteiger partial charge in [-0.2, -0.15) is 0 Å². The standard InChI is InChI=1S/C36H46N2O9/c1-36(2,3)47-35(40)38-28(33(39)41-4)23-45-34-30(37)32(44-22-27-18-12-7-13-19-27)31(43-21-26-16-10-6-11-17-26)29(46-34)24-42-20-25-14-8-5-9-15-25/h5-19,28-32,34H,20-24,37H2,1-4H3,(H,38,40)/t28-,29+,30+,31-,32+,34+/m0/s1. The average Bonchev–Trinajstić information content (AvgIpc) is 3.06. The molecule has 0 unspecified atom stereocenters. The van der Waals surface area contributed by atoms with E-state index in [0.29, 0.717) is 6.61 Å². The van der Waals surface area contributed by atoms with Crippen molar-refractivity contribution in [3.63, 3.8) is 0 Å². The Balaban J connectivity index is 1.54. The number of alkyl carbamates (subject to hydrolysis) is 1. The van der Waals surface area contributed by atoms with Crippen molar-refractivity contribution < 1.29 is 42.7 Å². The van der Waals surface area contributed by atoms with Crippen molar-refractivity contribution in [2.75, 3.05) is 20.3 Å². The summed E-state index contributed by atoms with van der Waals surface area (Å²) in [7, 11) is 1.22. The van der Waals surface area contributed by atoms with Crippen molar-refractivity contribution in [1.29, 1.82) is 0 Å². The van der Waals surface area contributed by atoms with E-state index in [1.165, 1.54) is 7.11 Å². The number of esters is 1. The molecule has 1 fully saturated rings. The quantitative estimate of drug-likeness (QED) is 0.226. The monoisotopic (exact) mass is 650 g/mol. The molecule has 0 spiro atoms. The van der Waals surface area contributed by atoms with Crippen LogP contribution in [0, 0.1) is 0 Å². The highest BCUT2D eigenvalue weighted by molar-refractivity contribution is 5.81. The van der Waals surface area contributed by atoms with Crippen LogP contribution in [0.1, 0.15) is 37.5 Å². The van der Waals surface area contributed by atoms with Crippen LogP contribution in [0.2, 0.25) is 0 Å². The molecule has 47 heavy (non-hydrogen) atoms. The maximum Gasteiger partial charge on any atom is 0.408 e. The molecule has 4 rings (SSSR count). The summed E-state index contributed by atoms with van der Waals surface area (Å²) in [5, 5.41) is 2.51. The van der Waals surface area contributed by atoms with Gasteiger partial charge in [0, 0.05) is 0 Å². The van der Waals surface area contributed by atoms with Gasteiger partial charge in [0.25, 0.3) is 0 Å². The van der Waals surface area contributed by atoms with Gasteiger partial charge in [-0.05, 0) is 37.5 Å². The molecule has 254 valence electrons. The molecule has 3 aromatic carbocycles. The highest BCUT2D eigenvalue weighted by Crippen LogP contribution is 2.28. The zero-order valence-electron chi connectivity index (χ0n) is 27.4. The minimum atomic E-state index is -1.19. The number of carbonyl (C=O) groups excluding carboxylic acids is 2. The van der Waals surface area contributed by atoms with Crippen LogP contribution >= 0.6 is 0 Å². The van der Waals surface area contributed by atoms with Crippen molar-refractivity contribution in [1.82, 2.24) is 5.32 Å². The van der Waals surface area contributed by atoms with E-state index in [1.807, 2.05) is 91.0 Å². The Morgan fingerprint density at radius 1 is 0.787 bits per heavy atom. The molecule has 0 radical (unpaired) electrons. The molecule has 0 saturated carbocycles. The third-order valence-electron chi connectivity index (χ3n) is 7.26. The Kier molecular flexibility index (Phi) is 13.7. The minimum Gasteiger partial charge on any atom is -0.467 e. The fourth-order valence-electron chi connectivity index (χ4n) is 4.97. The summed E-state index contributed by atoms with van der Waals surface area (Å²) in [5.74, 6) is -0.719. The molecule has 6 atom stereocenters. The van der Waals surface area contributed by atoms with Gasteiger partial charge in [0.15, 0.2) is 12.3 Å². The topological polar surface area (TPSA) is 137 Å². The van der Waals surface area contributed by atoms with Crippen LogP contribution in [0.4, 0.5) is 4.79 Å². The van der Waals surface area contributed by atoms with Gasteiger partial charge in [-0.15, -0.1) is 0 Å². The Labute approximate surface area is 276 Å². The molecule has 1 saturated heterocycles. The van der Waals surface area contributed by atoms with Gasteiger partial charge in [-0.3, -0.25) is 0 Å². The van der Waals surface area contributed by atoms with E-state index in [1.54, 1.807) is 20.8 Å². The molecule has 1 aliphatic heterocycles. The third kappa shape index (κ3) is 11.7. The van der Waals surface area contributed by atoms with Crippen molar-refractivity contribution in [3.05, 3.63) is 108 Å². The number of ether oxygens (including phenoxy) is 7. The minimum absolute atomic E-state index is 0.142. The van der Waals surface area contributed by atoms with E-state index in [2.05, 4.69) is 5.32 Å². The predicted octanol–water partition coefficient (Wildman–Crippen LogP) is 4.51. The van der Waals surface area contributed by atoms with Crippen molar-refractivity contribution in [2.24, 2.45) is 5.73 Å². The Hall–Kier alpha value is -3.84. The maximum atomic E-state index is 12.6. The fraction of sp³-hybridized carbons (Fsp3) is 0.444. The van der Waals surface area contributed by atoms with E-state index in [4.69, 9.17) is 38.9 Å². The normalized spacial score (nSPS) is 21.9. The van der Waals surface area contributed by atoms with Gasteiger partial charge in [0.2, 0.25) is 0 Å². The van der Waals surface area contributed by atoms with Crippen LogP contribution in [0.15, 0.2) is 91.0 Å². The zero-order chi connectivity index (χ0) is 33.6. The predicted molar refractivity (Wildman–Crippen MR) is 174 cm³/mol. The van der Waals surface area contributed by atoms with Crippen LogP contribution in [-0.4, -0.2) is 74.7 Å². The third-order valence-corrected chi connectivity index (χ3v) is 7.26. The summed E-state index contributed by atoms with van der Waals surface area (Å²) in [6.45, 7) is 5.90. The molecule has 1 aliphatic rings. The number of methoxy groups -OCH3 is 1. The number of carbonyl (C=O) groups is 2. The van der Waals surface area contributed by atoms with E-state index in [-0.39, 0.29) is 26.4 Å². The molecule has 3 aromatic rings. The first-order valence-electron chi connectivity index (χ1n) is 15.7. The van der Waals surface area contributed by atoms with E-state index >= 15 is 0 Å². The van der Waals surface area contributed by atoms with Gasteiger partial charge in [-0.25, -0.2) is 9.59 Å². The van der Waals surface area contributed by atoms with Crippen LogP contribution < -0.4 is 11.1 Å². The Morgan fingerprint density at radius 2 is 1.30 bits per heavy atom. The summed E-state index contributed by atoms with van der Waals surface area (Å²) in [6, 6.07) is 27.3. The number of nitrogens with one attached hydrogen (secondary N) is 1. The van der Waals surface area contributed by atoms with E-state index in [9.17, 15) is 9.59 Å². The summed E-state index contributed by atoms with van der Waals surface area (Å²) in [5.41, 5.74) is 8.94. The maximum absolute atomic E-state index is 12.6. The molecule has 0 aliphatic carbocycles. The van der Waals surface area contributed by atoms with Crippen molar-refractivity contribution in [3.8, 4) is 0 Å². The number of nitrogens with two attached hydrogens (primary N) is 1. The second-order valence-electron chi connectivity index (χ2n) is 12.2. The average molecular weight is 651 g/mol. The second-order valence-corrected chi connectivity index (χ2v) is 12.2. The van der Waals surface area contributed by atoms with Crippen LogP contribution in [0.25, 0.3) is 0 Å². The molecule has 3 N–H and O–H groups in total. The van der Waals surface area contributed by atoms with Gasteiger partial charge < -0.3 is 44.2 Å². The molecular formula is C36H46N2O9. The summed E-state index contributed by atoms with van der Waals surface area (Å²) < 4.78 is 41.7. The molecule has 0 aromatic heterocycles. The largest absolute Gasteiger partial charge is 0.467 e.